The van der Waals surface area contributed by atoms with Gasteiger partial charge in [-0.3, -0.25) is 0 Å². The van der Waals surface area contributed by atoms with Gasteiger partial charge in [-0.15, -0.1) is 29.1 Å². The molecule has 0 aliphatic rings. The van der Waals surface area contributed by atoms with Crippen molar-refractivity contribution in [1.82, 2.24) is 0 Å². The summed E-state index contributed by atoms with van der Waals surface area (Å²) in [6.45, 7) is 0. The number of carboxylic acid groups (broad SMARTS) is 1. The molecule has 0 aromatic heterocycles. The van der Waals surface area contributed by atoms with Crippen molar-refractivity contribution in [2.24, 2.45) is 35.7 Å². The van der Waals surface area contributed by atoms with Crippen LogP contribution in [0.15, 0.2) is 124 Å². The van der Waals surface area contributed by atoms with E-state index in [1.807, 2.05) is 0 Å². The monoisotopic (exact) mass is 872 g/mol. The van der Waals surface area contributed by atoms with Gasteiger partial charge in [0.1, 0.15) is 34.3 Å². The minimum atomic E-state index is -1.24. The molecule has 0 saturated carbocycles. The lowest BCUT2D eigenvalue weighted by Gasteiger charge is -2.12. The molecular weight excluding hydrogens is 841 g/mol. The van der Waals surface area contributed by atoms with Crippen molar-refractivity contribution in [1.29, 1.82) is 0 Å². The van der Waals surface area contributed by atoms with Crippen LogP contribution >= 0.6 is 24.1 Å². The average molecular weight is 873 g/mol. The largest absolute Gasteiger partial charge is 0.505 e. The van der Waals surface area contributed by atoms with E-state index in [0.717, 1.165) is 6.40 Å². The van der Waals surface area contributed by atoms with E-state index in [1.54, 1.807) is 54.6 Å². The number of phenols is 1. The molecule has 0 fully saturated rings. The molecule has 0 aliphatic heterocycles. The number of hydrogen-bond acceptors (Lipinski definition) is 22. The van der Waals surface area contributed by atoms with E-state index in [1.165, 1.54) is 52.7 Å². The third kappa shape index (κ3) is 10.1. The number of benzene rings is 6. The zero-order valence-electron chi connectivity index (χ0n) is 32.1. The molecule has 6 aromatic rings. The Morgan fingerprint density at radius 2 is 1.31 bits per heavy atom. The van der Waals surface area contributed by atoms with Crippen LogP contribution in [0.2, 0.25) is 0 Å². The van der Waals surface area contributed by atoms with E-state index in [-0.39, 0.29) is 50.4 Å². The third-order valence-corrected chi connectivity index (χ3v) is 9.62. The number of phenolic OH excluding ortho intramolecular Hbond substituents is 1. The fourth-order valence-corrected chi connectivity index (χ4v) is 6.58. The van der Waals surface area contributed by atoms with E-state index < -0.39 is 5.97 Å². The number of azo groups is 3. The van der Waals surface area contributed by atoms with Gasteiger partial charge in [-0.2, -0.15) is 10.2 Å². The fraction of sp³-hybridized carbons (Fsp3) is 0.105. The fourth-order valence-electron chi connectivity index (χ4n) is 5.68. The van der Waals surface area contributed by atoms with E-state index in [2.05, 4.69) is 50.1 Å². The molecule has 23 heteroatoms. The molecule has 0 bridgehead atoms. The van der Waals surface area contributed by atoms with Crippen molar-refractivity contribution in [3.63, 3.8) is 0 Å². The average Bonchev–Trinajstić information content (AvgIpc) is 3.27. The van der Waals surface area contributed by atoms with Crippen LogP contribution in [0.5, 0.6) is 23.0 Å². The summed E-state index contributed by atoms with van der Waals surface area (Å²) in [7, 11) is 5.70. The molecule has 21 nitrogen and oxygen atoms in total. The highest BCUT2D eigenvalue weighted by Gasteiger charge is 2.19. The molecular formula is C38H32N8O13S2. The summed E-state index contributed by atoms with van der Waals surface area (Å²) in [6.07, 6.45) is 1.10. The van der Waals surface area contributed by atoms with Gasteiger partial charge in [0.25, 0.3) is 0 Å². The molecule has 6 N–H and O–H groups in total. The highest BCUT2D eigenvalue weighted by Crippen LogP contribution is 2.48. The Bertz CT molecular complexity index is 2720. The Labute approximate surface area is 352 Å². The van der Waals surface area contributed by atoms with Gasteiger partial charge in [-0.1, -0.05) is 22.2 Å². The van der Waals surface area contributed by atoms with Crippen molar-refractivity contribution < 1.29 is 63.2 Å². The van der Waals surface area contributed by atoms with Gasteiger partial charge in [0, 0.05) is 39.3 Å². The molecule has 0 radical (unpaired) electrons. The Morgan fingerprint density at radius 1 is 0.639 bits per heavy atom. The molecule has 0 heterocycles. The zero-order valence-corrected chi connectivity index (χ0v) is 33.7. The van der Waals surface area contributed by atoms with Crippen LogP contribution in [-0.2, 0) is 23.5 Å². The zero-order chi connectivity index (χ0) is 43.5. The second-order valence-electron chi connectivity index (χ2n) is 11.9. The van der Waals surface area contributed by atoms with Gasteiger partial charge >= 0.3 is 5.97 Å². The van der Waals surface area contributed by atoms with Crippen LogP contribution in [0.4, 0.5) is 45.5 Å². The first-order chi connectivity index (χ1) is 29.6. The predicted octanol–water partition coefficient (Wildman–Crippen LogP) is 11.4. The van der Waals surface area contributed by atoms with Gasteiger partial charge in [-0.25, -0.2) is 20.3 Å². The van der Waals surface area contributed by atoms with Gasteiger partial charge < -0.3 is 34.9 Å². The van der Waals surface area contributed by atoms with E-state index in [9.17, 15) is 15.0 Å². The number of hydrogen-bond donors (Lipinski definition) is 5. The molecule has 0 atom stereocenters. The van der Waals surface area contributed by atoms with Gasteiger partial charge in [0.15, 0.2) is 12.2 Å². The first kappa shape index (κ1) is 43.6. The van der Waals surface area contributed by atoms with Crippen molar-refractivity contribution in [3.8, 4) is 23.0 Å². The number of nitrogen functional groups attached to an aromatic ring is 1. The molecule has 61 heavy (non-hydrogen) atoms. The summed E-state index contributed by atoms with van der Waals surface area (Å²) in [5, 5.41) is 74.7. The van der Waals surface area contributed by atoms with E-state index >= 15 is 0 Å². The van der Waals surface area contributed by atoms with E-state index in [4.69, 9.17) is 39.5 Å². The molecule has 0 aliphatic carbocycles. The summed E-state index contributed by atoms with van der Waals surface area (Å²) in [4.78, 5) is 16.6. The Kier molecular flexibility index (Phi) is 14.5. The third-order valence-electron chi connectivity index (χ3n) is 8.43. The second-order valence-corrected chi connectivity index (χ2v) is 13.4. The normalized spacial score (nSPS) is 11.8. The van der Waals surface area contributed by atoms with Crippen LogP contribution in [-0.4, -0.2) is 61.5 Å². The maximum absolute atomic E-state index is 12.0. The lowest BCUT2D eigenvalue weighted by atomic mass is 10.1. The summed E-state index contributed by atoms with van der Waals surface area (Å²) >= 11 is 1.23. The maximum atomic E-state index is 12.0. The van der Waals surface area contributed by atoms with Crippen molar-refractivity contribution >= 4 is 103 Å². The molecule has 0 amide bonds. The van der Waals surface area contributed by atoms with Crippen LogP contribution in [0, 0.1) is 0 Å². The maximum Gasteiger partial charge on any atom is 0.337 e. The first-order valence-electron chi connectivity index (χ1n) is 17.1. The number of aliphatic imine (C=N–C) groups is 1. The quantitative estimate of drug-likeness (QED) is 0.0102. The minimum absolute atomic E-state index is 0.0965. The Morgan fingerprint density at radius 3 is 2.02 bits per heavy atom. The number of nitrogens with zero attached hydrogens (tertiary/aromatic N) is 7. The van der Waals surface area contributed by atoms with Crippen molar-refractivity contribution in [3.05, 3.63) is 84.4 Å². The SMILES string of the molecule is COC=Nc1ccc(N=Nc2cc(OC)c(N=Nc3c(SOOO)cc4ccc(N=Nc5cc(OC)c(N)cc5OC)cc4c3O)c3ccc(SOOO)cc23)cc1C(=O)O. The summed E-state index contributed by atoms with van der Waals surface area (Å²) < 4.78 is 30.6. The lowest BCUT2D eigenvalue weighted by molar-refractivity contribution is -0.432. The van der Waals surface area contributed by atoms with Crippen LogP contribution in [0.25, 0.3) is 21.5 Å². The number of aromatic carboxylic acids is 1. The smallest absolute Gasteiger partial charge is 0.337 e. The number of methoxy groups -OCH3 is 4. The van der Waals surface area contributed by atoms with Gasteiger partial charge in [-0.05, 0) is 53.9 Å². The van der Waals surface area contributed by atoms with Gasteiger partial charge in [0.2, 0.25) is 0 Å². The highest BCUT2D eigenvalue weighted by molar-refractivity contribution is 7.94. The van der Waals surface area contributed by atoms with Crippen molar-refractivity contribution in [2.75, 3.05) is 34.2 Å². The highest BCUT2D eigenvalue weighted by atomic mass is 32.2. The van der Waals surface area contributed by atoms with E-state index in [0.29, 0.717) is 79.1 Å². The molecule has 0 saturated heterocycles. The number of ether oxygens (including phenoxy) is 4. The molecule has 314 valence electrons. The lowest BCUT2D eigenvalue weighted by Crippen LogP contribution is -1.96. The standard InChI is InChI=1S/C38H32N8O13S2/c1-52-18-40-28-10-7-21(13-26(28)38(48)49)41-43-29-16-33(55-4)35(23-9-8-22(14-25(23)29)60-58-56-50)45-46-36-34(61-59-57-51)11-19-5-6-20(12-24(19)37(36)47)42-44-30-17-31(53-2)27(39)15-32(30)54-3/h5-18,47,50-51H,39H2,1-4H3,(H,48,49). The summed E-state index contributed by atoms with van der Waals surface area (Å²) in [5.74, 6) is -0.691. The number of carbonyl (C=O) groups is 1. The van der Waals surface area contributed by atoms with Gasteiger partial charge in [0.05, 0.1) is 91.4 Å². The number of rotatable bonds is 18. The van der Waals surface area contributed by atoms with Crippen LogP contribution in [0.1, 0.15) is 10.4 Å². The Hall–Kier alpha value is -6.96. The van der Waals surface area contributed by atoms with Crippen molar-refractivity contribution in [2.45, 2.75) is 9.79 Å². The number of anilines is 1. The number of nitrogens with two attached hydrogens (primary N) is 1. The van der Waals surface area contributed by atoms with Crippen LogP contribution in [0.3, 0.4) is 0 Å². The molecule has 6 rings (SSSR count). The molecule has 0 unspecified atom stereocenters. The molecule has 6 aromatic carbocycles. The Balaban J connectivity index is 1.45. The topological polar surface area (TPSA) is 284 Å². The number of aromatic hydroxyl groups is 1. The molecule has 0 spiro atoms. The summed E-state index contributed by atoms with van der Waals surface area (Å²) in [6, 6.07) is 20.3. The predicted molar refractivity (Wildman–Crippen MR) is 222 cm³/mol. The number of carboxylic acids is 1. The number of fused-ring (bicyclic) bond motifs is 2. The second kappa shape index (κ2) is 20.3. The van der Waals surface area contributed by atoms with Crippen LogP contribution < -0.4 is 19.9 Å². The summed E-state index contributed by atoms with van der Waals surface area (Å²) in [5.41, 5.74) is 7.53. The minimum Gasteiger partial charge on any atom is -0.505 e. The first-order valence-corrected chi connectivity index (χ1v) is 18.5.